The van der Waals surface area contributed by atoms with Gasteiger partial charge in [-0.2, -0.15) is 0 Å². The molecule has 0 bridgehead atoms. The molecule has 0 radical (unpaired) electrons. The number of urea groups is 1. The Kier molecular flexibility index (Phi) is 12.2. The van der Waals surface area contributed by atoms with Crippen molar-refractivity contribution in [1.82, 2.24) is 10.6 Å². The smallest absolute Gasteiger partial charge is 0.316 e. The highest BCUT2D eigenvalue weighted by Gasteiger charge is 1.96. The zero-order chi connectivity index (χ0) is 12.8. The molecule has 0 saturated carbocycles. The van der Waals surface area contributed by atoms with E-state index in [0.717, 1.165) is 12.8 Å². The van der Waals surface area contributed by atoms with Crippen LogP contribution in [0.4, 0.5) is 4.79 Å². The van der Waals surface area contributed by atoms with Crippen molar-refractivity contribution in [2.24, 2.45) is 0 Å². The second-order valence-corrected chi connectivity index (χ2v) is 4.07. The predicted molar refractivity (Wildman–Crippen MR) is 70.8 cm³/mol. The van der Waals surface area contributed by atoms with Crippen molar-refractivity contribution in [3.8, 4) is 0 Å². The number of aliphatic hydroxyl groups excluding tert-OH is 1. The molecule has 0 aromatic rings. The van der Waals surface area contributed by atoms with Crippen molar-refractivity contribution in [3.05, 3.63) is 12.2 Å². The average Bonchev–Trinajstić information content (AvgIpc) is 2.32. The number of unbranched alkanes of at least 4 members (excludes halogenated alkanes) is 6. The monoisotopic (exact) mass is 242 g/mol. The largest absolute Gasteiger partial charge is 0.376 e. The Morgan fingerprint density at radius 1 is 1.06 bits per heavy atom. The van der Waals surface area contributed by atoms with Gasteiger partial charge in [0.1, 0.15) is 6.73 Å². The Labute approximate surface area is 104 Å². The van der Waals surface area contributed by atoms with Gasteiger partial charge in [0.25, 0.3) is 0 Å². The van der Waals surface area contributed by atoms with Crippen molar-refractivity contribution in [2.75, 3.05) is 13.3 Å². The SMILES string of the molecule is C/C=C/CCCCCCCCNC(=O)NCO. The topological polar surface area (TPSA) is 61.4 Å². The van der Waals surface area contributed by atoms with Crippen LogP contribution in [0.5, 0.6) is 0 Å². The second-order valence-electron chi connectivity index (χ2n) is 4.07. The third-order valence-electron chi connectivity index (χ3n) is 2.56. The summed E-state index contributed by atoms with van der Waals surface area (Å²) >= 11 is 0. The average molecular weight is 242 g/mol. The predicted octanol–water partition coefficient (Wildman–Crippen LogP) is 2.54. The van der Waals surface area contributed by atoms with E-state index in [1.54, 1.807) is 0 Å². The zero-order valence-electron chi connectivity index (χ0n) is 10.9. The van der Waals surface area contributed by atoms with Crippen LogP contribution in [-0.4, -0.2) is 24.4 Å². The first-order valence-electron chi connectivity index (χ1n) is 6.55. The third kappa shape index (κ3) is 12.9. The Morgan fingerprint density at radius 3 is 2.35 bits per heavy atom. The maximum Gasteiger partial charge on any atom is 0.316 e. The quantitative estimate of drug-likeness (QED) is 0.313. The van der Waals surface area contributed by atoms with E-state index in [1.807, 2.05) is 0 Å². The van der Waals surface area contributed by atoms with E-state index >= 15 is 0 Å². The summed E-state index contributed by atoms with van der Waals surface area (Å²) in [6, 6.07) is -0.293. The number of amides is 2. The van der Waals surface area contributed by atoms with Crippen LogP contribution in [0.2, 0.25) is 0 Å². The molecule has 3 N–H and O–H groups in total. The van der Waals surface area contributed by atoms with Crippen LogP contribution >= 0.6 is 0 Å². The molecule has 17 heavy (non-hydrogen) atoms. The molecule has 0 atom stereocenters. The van der Waals surface area contributed by atoms with Gasteiger partial charge in [0.15, 0.2) is 0 Å². The van der Waals surface area contributed by atoms with E-state index in [1.165, 1.54) is 32.1 Å². The highest BCUT2D eigenvalue weighted by molar-refractivity contribution is 5.73. The highest BCUT2D eigenvalue weighted by Crippen LogP contribution is 2.07. The molecule has 0 aromatic heterocycles. The summed E-state index contributed by atoms with van der Waals surface area (Å²) in [4.78, 5) is 10.9. The van der Waals surface area contributed by atoms with Gasteiger partial charge < -0.3 is 15.7 Å². The van der Waals surface area contributed by atoms with Crippen LogP contribution in [0, 0.1) is 0 Å². The molecular weight excluding hydrogens is 216 g/mol. The first kappa shape index (κ1) is 16.0. The van der Waals surface area contributed by atoms with Crippen molar-refractivity contribution in [2.45, 2.75) is 51.9 Å². The minimum atomic E-state index is -0.308. The van der Waals surface area contributed by atoms with E-state index in [9.17, 15) is 4.79 Å². The number of nitrogens with one attached hydrogen (secondary N) is 2. The number of hydrogen-bond donors (Lipinski definition) is 3. The fourth-order valence-electron chi connectivity index (χ4n) is 1.60. The maximum absolute atomic E-state index is 10.9. The molecule has 100 valence electrons. The first-order valence-corrected chi connectivity index (χ1v) is 6.55. The summed E-state index contributed by atoms with van der Waals surface area (Å²) in [5.74, 6) is 0. The van der Waals surface area contributed by atoms with E-state index in [-0.39, 0.29) is 12.8 Å². The van der Waals surface area contributed by atoms with Gasteiger partial charge in [0.2, 0.25) is 0 Å². The normalized spacial score (nSPS) is 10.7. The zero-order valence-corrected chi connectivity index (χ0v) is 10.9. The van der Waals surface area contributed by atoms with E-state index in [2.05, 4.69) is 29.7 Å². The molecule has 2 amide bonds. The third-order valence-corrected chi connectivity index (χ3v) is 2.56. The summed E-state index contributed by atoms with van der Waals surface area (Å²) in [5, 5.41) is 13.4. The molecule has 0 aliphatic heterocycles. The molecule has 0 heterocycles. The number of aliphatic hydroxyl groups is 1. The lowest BCUT2D eigenvalue weighted by Gasteiger charge is -2.05. The van der Waals surface area contributed by atoms with Crippen molar-refractivity contribution in [3.63, 3.8) is 0 Å². The van der Waals surface area contributed by atoms with Crippen LogP contribution in [0.15, 0.2) is 12.2 Å². The summed E-state index contributed by atoms with van der Waals surface area (Å²) in [7, 11) is 0. The molecule has 0 saturated heterocycles. The molecule has 0 rings (SSSR count). The van der Waals surface area contributed by atoms with Crippen molar-refractivity contribution < 1.29 is 9.90 Å². The summed E-state index contributed by atoms with van der Waals surface area (Å²) in [6.07, 6.45) is 12.8. The highest BCUT2D eigenvalue weighted by atomic mass is 16.3. The Morgan fingerprint density at radius 2 is 1.71 bits per heavy atom. The minimum absolute atomic E-state index is 0.293. The van der Waals surface area contributed by atoms with Gasteiger partial charge in [-0.05, 0) is 26.2 Å². The number of carbonyl (C=O) groups excluding carboxylic acids is 1. The van der Waals surface area contributed by atoms with Gasteiger partial charge in [-0.25, -0.2) is 4.79 Å². The molecule has 0 unspecified atom stereocenters. The van der Waals surface area contributed by atoms with Gasteiger partial charge >= 0.3 is 6.03 Å². The van der Waals surface area contributed by atoms with Crippen LogP contribution in [0.1, 0.15) is 51.9 Å². The lowest BCUT2D eigenvalue weighted by Crippen LogP contribution is -2.36. The van der Waals surface area contributed by atoms with Gasteiger partial charge in [0.05, 0.1) is 0 Å². The standard InChI is InChI=1S/C13H26N2O2/c1-2-3-4-5-6-7-8-9-10-11-14-13(17)15-12-16/h2-3,16H,4-12H2,1H3,(H2,14,15,17)/b3-2+. The van der Waals surface area contributed by atoms with E-state index < -0.39 is 0 Å². The number of allylic oxidation sites excluding steroid dienone is 2. The maximum atomic E-state index is 10.9. The molecule has 0 fully saturated rings. The summed E-state index contributed by atoms with van der Waals surface area (Å²) in [6.45, 7) is 2.43. The minimum Gasteiger partial charge on any atom is -0.376 e. The molecule has 0 aromatic carbocycles. The van der Waals surface area contributed by atoms with Crippen LogP contribution in [0.25, 0.3) is 0 Å². The first-order chi connectivity index (χ1) is 8.31. The molecule has 4 heteroatoms. The Hall–Kier alpha value is -1.03. The molecule has 0 aliphatic carbocycles. The van der Waals surface area contributed by atoms with E-state index in [0.29, 0.717) is 6.54 Å². The van der Waals surface area contributed by atoms with Crippen LogP contribution < -0.4 is 10.6 Å². The van der Waals surface area contributed by atoms with Crippen molar-refractivity contribution >= 4 is 6.03 Å². The molecular formula is C13H26N2O2. The van der Waals surface area contributed by atoms with Gasteiger partial charge in [-0.15, -0.1) is 0 Å². The van der Waals surface area contributed by atoms with Crippen LogP contribution in [0.3, 0.4) is 0 Å². The Bertz CT molecular complexity index is 206. The van der Waals surface area contributed by atoms with Crippen LogP contribution in [-0.2, 0) is 0 Å². The molecule has 4 nitrogen and oxygen atoms in total. The van der Waals surface area contributed by atoms with Gasteiger partial charge in [-0.1, -0.05) is 37.8 Å². The molecule has 0 aliphatic rings. The van der Waals surface area contributed by atoms with Gasteiger partial charge in [0, 0.05) is 6.54 Å². The number of rotatable bonds is 10. The summed E-state index contributed by atoms with van der Waals surface area (Å²) in [5.41, 5.74) is 0. The lowest BCUT2D eigenvalue weighted by atomic mass is 10.1. The van der Waals surface area contributed by atoms with Crippen molar-refractivity contribution in [1.29, 1.82) is 0 Å². The summed E-state index contributed by atoms with van der Waals surface area (Å²) < 4.78 is 0. The number of carbonyl (C=O) groups is 1. The molecule has 0 spiro atoms. The lowest BCUT2D eigenvalue weighted by molar-refractivity contribution is 0.217. The van der Waals surface area contributed by atoms with E-state index in [4.69, 9.17) is 5.11 Å². The number of hydrogen-bond acceptors (Lipinski definition) is 2. The van der Waals surface area contributed by atoms with Gasteiger partial charge in [-0.3, -0.25) is 0 Å². The fourth-order valence-corrected chi connectivity index (χ4v) is 1.60. The second kappa shape index (κ2) is 13.0. The Balaban J connectivity index is 3.05. The fraction of sp³-hybridized carbons (Fsp3) is 0.769.